The number of rotatable bonds is 0. The third-order valence-electron chi connectivity index (χ3n) is 2.98. The third-order valence-corrected chi connectivity index (χ3v) is 2.98. The van der Waals surface area contributed by atoms with Crippen molar-refractivity contribution < 1.29 is 9.90 Å². The molecule has 0 atom stereocenters. The van der Waals surface area contributed by atoms with E-state index in [2.05, 4.69) is 22.9 Å². The van der Waals surface area contributed by atoms with Gasteiger partial charge >= 0.3 is 6.09 Å². The standard InChI is InChI=1S/C11H12N2.CH3NO2/c12-8-4-2-6-10-11(8)7-3-1-5-9(7)13-10;2-1(3)4/h2,6,12-13H,1,3-5H2;2H2,(H,3,4). The molecule has 0 fully saturated rings. The zero-order valence-corrected chi connectivity index (χ0v) is 9.42. The van der Waals surface area contributed by atoms with Crippen LogP contribution in [0.4, 0.5) is 4.79 Å². The largest absolute Gasteiger partial charge is 0.465 e. The minimum Gasteiger partial charge on any atom is -0.465 e. The number of aromatic nitrogens is 1. The van der Waals surface area contributed by atoms with Crippen molar-refractivity contribution in [3.05, 3.63) is 28.6 Å². The zero-order chi connectivity index (χ0) is 12.4. The van der Waals surface area contributed by atoms with Crippen LogP contribution in [0.5, 0.6) is 0 Å². The number of primary amides is 1. The molecular formula is C12H15N3O2. The van der Waals surface area contributed by atoms with Gasteiger partial charge in [-0.05, 0) is 30.9 Å². The first-order valence-electron chi connectivity index (χ1n) is 5.56. The van der Waals surface area contributed by atoms with Crippen molar-refractivity contribution >= 4 is 17.9 Å². The second kappa shape index (κ2) is 4.45. The number of carboxylic acid groups (broad SMARTS) is 1. The molecule has 0 radical (unpaired) electrons. The summed E-state index contributed by atoms with van der Waals surface area (Å²) in [5, 5.41) is 15.1. The Labute approximate surface area is 98.8 Å². The molecule has 0 bridgehead atoms. The molecule has 3 rings (SSSR count). The number of aromatic amines is 1. The lowest BCUT2D eigenvalue weighted by Crippen LogP contribution is -2.04. The lowest BCUT2D eigenvalue weighted by molar-refractivity contribution is 0.205. The van der Waals surface area contributed by atoms with Crippen LogP contribution in [0.2, 0.25) is 0 Å². The minimum absolute atomic E-state index is 0.789. The zero-order valence-electron chi connectivity index (χ0n) is 9.42. The molecule has 17 heavy (non-hydrogen) atoms. The molecule has 1 heterocycles. The Hall–Kier alpha value is -2.04. The molecule has 0 saturated heterocycles. The van der Waals surface area contributed by atoms with Crippen LogP contribution in [0, 0.1) is 5.41 Å². The van der Waals surface area contributed by atoms with Crippen molar-refractivity contribution in [1.29, 1.82) is 5.41 Å². The monoisotopic (exact) mass is 233 g/mol. The van der Waals surface area contributed by atoms with Gasteiger partial charge in [-0.25, -0.2) is 4.79 Å². The van der Waals surface area contributed by atoms with E-state index in [1.165, 1.54) is 35.4 Å². The molecule has 1 aromatic rings. The maximum atomic E-state index is 8.78. The molecule has 5 nitrogen and oxygen atoms in total. The predicted molar refractivity (Wildman–Crippen MR) is 65.5 cm³/mol. The number of nitrogens with two attached hydrogens (primary N) is 1. The second-order valence-electron chi connectivity index (χ2n) is 4.15. The van der Waals surface area contributed by atoms with E-state index in [4.69, 9.17) is 15.3 Å². The van der Waals surface area contributed by atoms with Gasteiger partial charge < -0.3 is 21.2 Å². The molecule has 5 N–H and O–H groups in total. The highest BCUT2D eigenvalue weighted by molar-refractivity contribution is 6.05. The van der Waals surface area contributed by atoms with Crippen molar-refractivity contribution in [2.24, 2.45) is 5.73 Å². The van der Waals surface area contributed by atoms with E-state index < -0.39 is 6.09 Å². The predicted octanol–water partition coefficient (Wildman–Crippen LogP) is 1.91. The van der Waals surface area contributed by atoms with E-state index in [0.717, 1.165) is 18.6 Å². The molecule has 0 aliphatic heterocycles. The normalized spacial score (nSPS) is 15.9. The van der Waals surface area contributed by atoms with Crippen LogP contribution < -0.4 is 5.73 Å². The number of fused-ring (bicyclic) bond motifs is 3. The highest BCUT2D eigenvalue weighted by atomic mass is 16.4. The van der Waals surface area contributed by atoms with Crippen LogP contribution in [0.25, 0.3) is 6.08 Å². The molecule has 1 aromatic heterocycles. The van der Waals surface area contributed by atoms with Gasteiger partial charge in [-0.3, -0.25) is 0 Å². The SMILES string of the molecule is N=C1CC=Cc2[nH]c3c(c21)CCC3.NC(=O)O. The van der Waals surface area contributed by atoms with E-state index >= 15 is 0 Å². The molecule has 0 saturated carbocycles. The Kier molecular flexibility index (Phi) is 2.99. The van der Waals surface area contributed by atoms with Crippen molar-refractivity contribution in [2.75, 3.05) is 0 Å². The summed E-state index contributed by atoms with van der Waals surface area (Å²) < 4.78 is 0. The highest BCUT2D eigenvalue weighted by Gasteiger charge is 2.23. The number of hydrogen-bond acceptors (Lipinski definition) is 2. The molecule has 5 heteroatoms. The Morgan fingerprint density at radius 2 is 2.18 bits per heavy atom. The van der Waals surface area contributed by atoms with Gasteiger partial charge in [0.05, 0.1) is 0 Å². The van der Waals surface area contributed by atoms with Crippen LogP contribution in [0.15, 0.2) is 6.08 Å². The summed E-state index contributed by atoms with van der Waals surface area (Å²) >= 11 is 0. The van der Waals surface area contributed by atoms with Crippen molar-refractivity contribution in [3.8, 4) is 0 Å². The van der Waals surface area contributed by atoms with Gasteiger partial charge in [0.1, 0.15) is 0 Å². The van der Waals surface area contributed by atoms with Crippen molar-refractivity contribution in [2.45, 2.75) is 25.7 Å². The van der Waals surface area contributed by atoms with Gasteiger partial charge in [0, 0.05) is 29.1 Å². The van der Waals surface area contributed by atoms with Crippen LogP contribution in [0.1, 0.15) is 35.4 Å². The number of nitrogens with one attached hydrogen (secondary N) is 2. The first-order valence-corrected chi connectivity index (χ1v) is 5.56. The molecule has 0 spiro atoms. The minimum atomic E-state index is -1.33. The average molecular weight is 233 g/mol. The first-order chi connectivity index (χ1) is 8.09. The van der Waals surface area contributed by atoms with Gasteiger partial charge in [0.25, 0.3) is 0 Å². The van der Waals surface area contributed by atoms with Crippen LogP contribution in [0.3, 0.4) is 0 Å². The van der Waals surface area contributed by atoms with Gasteiger partial charge in [0.2, 0.25) is 0 Å². The lowest BCUT2D eigenvalue weighted by atomic mass is 9.97. The maximum Gasteiger partial charge on any atom is 0.402 e. The van der Waals surface area contributed by atoms with Crippen LogP contribution in [-0.4, -0.2) is 21.9 Å². The quantitative estimate of drug-likeness (QED) is 0.550. The Morgan fingerprint density at radius 1 is 1.47 bits per heavy atom. The molecule has 1 amide bonds. The van der Waals surface area contributed by atoms with Gasteiger partial charge in [-0.2, -0.15) is 0 Å². The average Bonchev–Trinajstić information content (AvgIpc) is 2.75. The third kappa shape index (κ3) is 2.22. The summed E-state index contributed by atoms with van der Waals surface area (Å²) in [5.74, 6) is 0. The van der Waals surface area contributed by atoms with Crippen LogP contribution >= 0.6 is 0 Å². The fourth-order valence-electron chi connectivity index (χ4n) is 2.41. The van der Waals surface area contributed by atoms with E-state index in [1.54, 1.807) is 0 Å². The molecular weight excluding hydrogens is 218 g/mol. The van der Waals surface area contributed by atoms with Crippen molar-refractivity contribution in [3.63, 3.8) is 0 Å². The van der Waals surface area contributed by atoms with Crippen LogP contribution in [-0.2, 0) is 12.8 Å². The Morgan fingerprint density at radius 3 is 2.88 bits per heavy atom. The first kappa shape index (κ1) is 11.4. The van der Waals surface area contributed by atoms with Gasteiger partial charge in [-0.1, -0.05) is 6.08 Å². The Balaban J connectivity index is 0.000000239. The molecule has 2 aliphatic carbocycles. The summed E-state index contributed by atoms with van der Waals surface area (Å²) in [6.45, 7) is 0. The summed E-state index contributed by atoms with van der Waals surface area (Å²) in [4.78, 5) is 12.2. The molecule has 90 valence electrons. The topological polar surface area (TPSA) is 103 Å². The highest BCUT2D eigenvalue weighted by Crippen LogP contribution is 2.31. The summed E-state index contributed by atoms with van der Waals surface area (Å²) in [6.07, 6.45) is 7.24. The number of H-pyrrole nitrogens is 1. The fraction of sp³-hybridized carbons (Fsp3) is 0.333. The number of hydrogen-bond donors (Lipinski definition) is 4. The summed E-state index contributed by atoms with van der Waals surface area (Å²) in [6, 6.07) is 0. The number of carbonyl (C=O) groups is 1. The lowest BCUT2D eigenvalue weighted by Gasteiger charge is -2.08. The van der Waals surface area contributed by atoms with E-state index in [9.17, 15) is 0 Å². The smallest absolute Gasteiger partial charge is 0.402 e. The molecule has 2 aliphatic rings. The number of aryl methyl sites for hydroxylation is 1. The molecule has 0 unspecified atom stereocenters. The Bertz CT molecular complexity index is 496. The van der Waals surface area contributed by atoms with E-state index in [-0.39, 0.29) is 0 Å². The van der Waals surface area contributed by atoms with E-state index in [0.29, 0.717) is 0 Å². The second-order valence-corrected chi connectivity index (χ2v) is 4.15. The van der Waals surface area contributed by atoms with Crippen molar-refractivity contribution in [1.82, 2.24) is 4.98 Å². The van der Waals surface area contributed by atoms with E-state index in [1.807, 2.05) is 0 Å². The van der Waals surface area contributed by atoms with Gasteiger partial charge in [-0.15, -0.1) is 0 Å². The molecule has 0 aromatic carbocycles. The maximum absolute atomic E-state index is 8.78. The number of amides is 1. The summed E-state index contributed by atoms with van der Waals surface area (Å²) in [7, 11) is 0. The number of allylic oxidation sites excluding steroid dienone is 1. The fourth-order valence-corrected chi connectivity index (χ4v) is 2.41. The summed E-state index contributed by atoms with van der Waals surface area (Å²) in [5.41, 5.74) is 9.98. The van der Waals surface area contributed by atoms with Gasteiger partial charge in [0.15, 0.2) is 0 Å².